The molecular formula is C18H16N4O3. The molecule has 0 fully saturated rings. The molecule has 0 bridgehead atoms. The molecule has 0 saturated heterocycles. The number of amidine groups is 1. The maximum absolute atomic E-state index is 10.4. The first-order chi connectivity index (χ1) is 12.1. The Labute approximate surface area is 143 Å². The van der Waals surface area contributed by atoms with Gasteiger partial charge in [0, 0.05) is 6.07 Å². The molecule has 4 N–H and O–H groups in total. The third-order valence-corrected chi connectivity index (χ3v) is 4.20. The van der Waals surface area contributed by atoms with Crippen LogP contribution in [0.25, 0.3) is 16.6 Å². The minimum Gasteiger partial charge on any atom is -0.509 e. The Morgan fingerprint density at radius 2 is 2.00 bits per heavy atom. The van der Waals surface area contributed by atoms with E-state index in [9.17, 15) is 10.2 Å². The van der Waals surface area contributed by atoms with Crippen LogP contribution in [0.1, 0.15) is 5.82 Å². The number of imidazole rings is 1. The lowest BCUT2D eigenvalue weighted by Crippen LogP contribution is -2.26. The molecule has 0 saturated carbocycles. The summed E-state index contributed by atoms with van der Waals surface area (Å²) in [5.41, 5.74) is 2.25. The Hall–Kier alpha value is -3.48. The van der Waals surface area contributed by atoms with Crippen molar-refractivity contribution in [1.82, 2.24) is 9.97 Å². The highest BCUT2D eigenvalue weighted by molar-refractivity contribution is 6.30. The van der Waals surface area contributed by atoms with Crippen LogP contribution in [-0.2, 0) is 0 Å². The van der Waals surface area contributed by atoms with Gasteiger partial charge in [0.25, 0.3) is 0 Å². The number of fused-ring (bicyclic) bond motifs is 1. The zero-order valence-corrected chi connectivity index (χ0v) is 13.4. The Morgan fingerprint density at radius 1 is 1.20 bits per heavy atom. The van der Waals surface area contributed by atoms with Crippen LogP contribution in [0.4, 0.5) is 5.69 Å². The number of hydrogen-bond acceptors (Lipinski definition) is 5. The first-order valence-corrected chi connectivity index (χ1v) is 7.69. The summed E-state index contributed by atoms with van der Waals surface area (Å²) in [6, 6.07) is 12.1. The van der Waals surface area contributed by atoms with E-state index in [0.717, 1.165) is 5.52 Å². The summed E-state index contributed by atoms with van der Waals surface area (Å²) in [6.45, 7) is 0.103. The van der Waals surface area contributed by atoms with Crippen molar-refractivity contribution < 1.29 is 14.9 Å². The molecule has 1 aromatic heterocycles. The lowest BCUT2D eigenvalue weighted by atomic mass is 10.2. The van der Waals surface area contributed by atoms with Crippen LogP contribution in [0.3, 0.4) is 0 Å². The number of phenolic OH excluding ortho intramolecular Hbond substituents is 1. The fourth-order valence-electron chi connectivity index (χ4n) is 2.96. The Morgan fingerprint density at radius 3 is 2.76 bits per heavy atom. The van der Waals surface area contributed by atoms with Gasteiger partial charge in [-0.3, -0.25) is 5.41 Å². The van der Waals surface area contributed by atoms with Crippen molar-refractivity contribution in [3.63, 3.8) is 0 Å². The summed E-state index contributed by atoms with van der Waals surface area (Å²) in [6.07, 6.45) is 0. The van der Waals surface area contributed by atoms with Gasteiger partial charge in [-0.1, -0.05) is 12.1 Å². The van der Waals surface area contributed by atoms with Gasteiger partial charge in [-0.2, -0.15) is 0 Å². The average Bonchev–Trinajstić information content (AvgIpc) is 3.14. The number of aliphatic hydroxyl groups excluding tert-OH is 1. The van der Waals surface area contributed by atoms with Crippen LogP contribution in [0.5, 0.6) is 11.5 Å². The van der Waals surface area contributed by atoms with Gasteiger partial charge >= 0.3 is 0 Å². The number of benzene rings is 2. The van der Waals surface area contributed by atoms with Crippen molar-refractivity contribution in [2.24, 2.45) is 0 Å². The van der Waals surface area contributed by atoms with Crippen molar-refractivity contribution in [2.45, 2.75) is 0 Å². The van der Waals surface area contributed by atoms with Gasteiger partial charge < -0.3 is 24.8 Å². The standard InChI is InChI=1S/C18H16N4O3/c1-25-10-6-7-11-12(8-10)21-18(20-11)16-15(24)9-22(17(16)19)13-4-2-3-5-14(13)23/h2-8,19,23-24H,9H2,1H3,(H,20,21). The van der Waals surface area contributed by atoms with E-state index in [2.05, 4.69) is 9.97 Å². The number of ether oxygens (including phenoxy) is 1. The van der Waals surface area contributed by atoms with E-state index in [0.29, 0.717) is 28.4 Å². The molecule has 2 aromatic carbocycles. The SMILES string of the molecule is COc1ccc2nc(C3=C(O)CN(c4ccccc4O)C3=N)[nH]c2c1. The second kappa shape index (κ2) is 5.55. The number of aromatic hydroxyl groups is 1. The van der Waals surface area contributed by atoms with Crippen LogP contribution < -0.4 is 9.64 Å². The van der Waals surface area contributed by atoms with E-state index < -0.39 is 0 Å². The van der Waals surface area contributed by atoms with E-state index in [-0.39, 0.29) is 23.9 Å². The van der Waals surface area contributed by atoms with Crippen LogP contribution >= 0.6 is 0 Å². The fourth-order valence-corrected chi connectivity index (χ4v) is 2.96. The number of aliphatic hydroxyl groups is 1. The third kappa shape index (κ3) is 2.37. The predicted molar refractivity (Wildman–Crippen MR) is 95.4 cm³/mol. The average molecular weight is 336 g/mol. The lowest BCUT2D eigenvalue weighted by Gasteiger charge is -2.19. The minimum absolute atomic E-state index is 0.0271. The van der Waals surface area contributed by atoms with Crippen LogP contribution in [0.15, 0.2) is 48.2 Å². The minimum atomic E-state index is 0.0271. The van der Waals surface area contributed by atoms with Gasteiger partial charge in [-0.05, 0) is 24.3 Å². The van der Waals surface area contributed by atoms with E-state index in [4.69, 9.17) is 10.1 Å². The summed E-state index contributed by atoms with van der Waals surface area (Å²) in [7, 11) is 1.59. The number of hydrogen-bond donors (Lipinski definition) is 4. The maximum Gasteiger partial charge on any atom is 0.145 e. The van der Waals surface area contributed by atoms with Gasteiger partial charge in [0.05, 0.1) is 35.9 Å². The molecule has 7 nitrogen and oxygen atoms in total. The number of H-pyrrole nitrogens is 1. The molecule has 1 aliphatic heterocycles. The smallest absolute Gasteiger partial charge is 0.145 e. The number of anilines is 1. The predicted octanol–water partition coefficient (Wildman–Crippen LogP) is 3.04. The summed E-state index contributed by atoms with van der Waals surface area (Å²) in [5.74, 6) is 1.25. The zero-order valence-electron chi connectivity index (χ0n) is 13.4. The summed E-state index contributed by atoms with van der Waals surface area (Å²) in [5, 5.41) is 28.8. The molecule has 1 aliphatic rings. The van der Waals surface area contributed by atoms with Gasteiger partial charge in [-0.25, -0.2) is 4.98 Å². The molecule has 2 heterocycles. The van der Waals surface area contributed by atoms with Gasteiger partial charge in [0.2, 0.25) is 0 Å². The first kappa shape index (κ1) is 15.1. The Balaban J connectivity index is 1.74. The molecule has 0 radical (unpaired) electrons. The summed E-state index contributed by atoms with van der Waals surface area (Å²) < 4.78 is 5.20. The number of methoxy groups -OCH3 is 1. The van der Waals surface area contributed by atoms with Crippen molar-refractivity contribution in [2.75, 3.05) is 18.6 Å². The largest absolute Gasteiger partial charge is 0.509 e. The molecule has 0 unspecified atom stereocenters. The molecule has 0 amide bonds. The number of phenols is 1. The molecule has 0 atom stereocenters. The highest BCUT2D eigenvalue weighted by atomic mass is 16.5. The summed E-state index contributed by atoms with van der Waals surface area (Å²) in [4.78, 5) is 9.12. The number of aromatic nitrogens is 2. The number of rotatable bonds is 3. The molecule has 25 heavy (non-hydrogen) atoms. The molecule has 4 rings (SSSR count). The molecule has 7 heteroatoms. The van der Waals surface area contributed by atoms with Gasteiger partial charge in [0.1, 0.15) is 28.9 Å². The highest BCUT2D eigenvalue weighted by Gasteiger charge is 2.32. The monoisotopic (exact) mass is 336 g/mol. The number of nitrogens with zero attached hydrogens (tertiary/aromatic N) is 2. The van der Waals surface area contributed by atoms with E-state index in [1.54, 1.807) is 37.4 Å². The van der Waals surface area contributed by atoms with E-state index >= 15 is 0 Å². The van der Waals surface area contributed by atoms with Crippen molar-refractivity contribution in [3.05, 3.63) is 54.0 Å². The van der Waals surface area contributed by atoms with Gasteiger partial charge in [0.15, 0.2) is 0 Å². The normalized spacial score (nSPS) is 14.6. The van der Waals surface area contributed by atoms with Gasteiger partial charge in [-0.15, -0.1) is 0 Å². The Kier molecular flexibility index (Phi) is 3.35. The lowest BCUT2D eigenvalue weighted by molar-refractivity contribution is 0.410. The highest BCUT2D eigenvalue weighted by Crippen LogP contribution is 2.35. The second-order valence-corrected chi connectivity index (χ2v) is 5.71. The molecule has 0 aliphatic carbocycles. The quantitative estimate of drug-likeness (QED) is 0.588. The van der Waals surface area contributed by atoms with E-state index in [1.165, 1.54) is 4.90 Å². The fraction of sp³-hybridized carbons (Fsp3) is 0.111. The second-order valence-electron chi connectivity index (χ2n) is 5.71. The maximum atomic E-state index is 10.4. The molecule has 126 valence electrons. The van der Waals surface area contributed by atoms with Crippen molar-refractivity contribution in [3.8, 4) is 11.5 Å². The molecule has 3 aromatic rings. The summed E-state index contributed by atoms with van der Waals surface area (Å²) >= 11 is 0. The molecule has 0 spiro atoms. The number of nitrogens with one attached hydrogen (secondary N) is 2. The number of para-hydroxylation sites is 2. The third-order valence-electron chi connectivity index (χ3n) is 4.20. The first-order valence-electron chi connectivity index (χ1n) is 7.69. The van der Waals surface area contributed by atoms with Crippen LogP contribution in [-0.4, -0.2) is 39.7 Å². The van der Waals surface area contributed by atoms with Crippen LogP contribution in [0.2, 0.25) is 0 Å². The molecular weight excluding hydrogens is 320 g/mol. The van der Waals surface area contributed by atoms with Crippen molar-refractivity contribution in [1.29, 1.82) is 5.41 Å². The Bertz CT molecular complexity index is 1020. The topological polar surface area (TPSA) is 105 Å². The van der Waals surface area contributed by atoms with Crippen molar-refractivity contribution >= 4 is 28.1 Å². The van der Waals surface area contributed by atoms with E-state index in [1.807, 2.05) is 12.1 Å². The van der Waals surface area contributed by atoms with Crippen LogP contribution in [0, 0.1) is 5.41 Å². The number of aromatic amines is 1. The zero-order chi connectivity index (χ0) is 17.6.